The molecule has 1 aromatic carbocycles. The van der Waals surface area contributed by atoms with Crippen molar-refractivity contribution in [1.29, 1.82) is 0 Å². The van der Waals surface area contributed by atoms with E-state index in [1.165, 1.54) is 30.8 Å². The van der Waals surface area contributed by atoms with Crippen LogP contribution < -0.4 is 4.74 Å². The summed E-state index contributed by atoms with van der Waals surface area (Å²) < 4.78 is 8.17. The normalized spacial score (nSPS) is 22.5. The Balaban J connectivity index is 1.48. The molecule has 1 saturated carbocycles. The SMILES string of the molecule is CC(C)Oc1ccc(SN2CCN(C3(C)CC3)CC2)cc1. The molecule has 0 N–H and O–H groups in total. The first-order valence-electron chi connectivity index (χ1n) is 8.00. The van der Waals surface area contributed by atoms with E-state index in [0.717, 1.165) is 18.8 Å². The highest BCUT2D eigenvalue weighted by Crippen LogP contribution is 2.41. The molecular weight excluding hydrogens is 280 g/mol. The average molecular weight is 306 g/mol. The number of benzene rings is 1. The smallest absolute Gasteiger partial charge is 0.119 e. The molecule has 0 bridgehead atoms. The highest BCUT2D eigenvalue weighted by molar-refractivity contribution is 7.97. The van der Waals surface area contributed by atoms with E-state index >= 15 is 0 Å². The van der Waals surface area contributed by atoms with E-state index < -0.39 is 0 Å². The minimum Gasteiger partial charge on any atom is -0.491 e. The first kappa shape index (κ1) is 15.2. The Labute approximate surface area is 132 Å². The van der Waals surface area contributed by atoms with Gasteiger partial charge in [-0.2, -0.15) is 0 Å². The Morgan fingerprint density at radius 1 is 1.05 bits per heavy atom. The predicted octanol–water partition coefficient (Wildman–Crippen LogP) is 3.65. The Kier molecular flexibility index (Phi) is 4.48. The van der Waals surface area contributed by atoms with Gasteiger partial charge in [0, 0.05) is 36.6 Å². The molecule has 1 aromatic rings. The van der Waals surface area contributed by atoms with Gasteiger partial charge in [0.25, 0.3) is 0 Å². The van der Waals surface area contributed by atoms with Gasteiger partial charge >= 0.3 is 0 Å². The zero-order chi connectivity index (χ0) is 14.9. The third kappa shape index (κ3) is 3.93. The van der Waals surface area contributed by atoms with Gasteiger partial charge in [-0.25, -0.2) is 4.31 Å². The second-order valence-corrected chi connectivity index (χ2v) is 7.81. The molecule has 0 amide bonds. The Bertz CT molecular complexity index is 462. The van der Waals surface area contributed by atoms with Gasteiger partial charge in [0.1, 0.15) is 5.75 Å². The van der Waals surface area contributed by atoms with Gasteiger partial charge in [0.2, 0.25) is 0 Å². The van der Waals surface area contributed by atoms with Crippen LogP contribution in [0, 0.1) is 0 Å². The minimum atomic E-state index is 0.236. The lowest BCUT2D eigenvalue weighted by atomic mass is 10.2. The van der Waals surface area contributed by atoms with Crippen molar-refractivity contribution in [1.82, 2.24) is 9.21 Å². The van der Waals surface area contributed by atoms with E-state index in [1.54, 1.807) is 0 Å². The third-order valence-corrected chi connectivity index (χ3v) is 5.51. The molecule has 0 unspecified atom stereocenters. The van der Waals surface area contributed by atoms with E-state index in [9.17, 15) is 0 Å². The van der Waals surface area contributed by atoms with Crippen LogP contribution in [0.2, 0.25) is 0 Å². The fourth-order valence-electron chi connectivity index (χ4n) is 2.82. The average Bonchev–Trinajstić information content (AvgIpc) is 3.20. The van der Waals surface area contributed by atoms with Crippen LogP contribution >= 0.6 is 11.9 Å². The highest BCUT2D eigenvalue weighted by atomic mass is 32.2. The fraction of sp³-hybridized carbons (Fsp3) is 0.647. The van der Waals surface area contributed by atoms with E-state index in [0.29, 0.717) is 5.54 Å². The minimum absolute atomic E-state index is 0.236. The molecule has 1 saturated heterocycles. The lowest BCUT2D eigenvalue weighted by Gasteiger charge is -2.37. The third-order valence-electron chi connectivity index (χ3n) is 4.41. The van der Waals surface area contributed by atoms with Crippen LogP contribution in [-0.4, -0.2) is 47.0 Å². The summed E-state index contributed by atoms with van der Waals surface area (Å²) in [5.74, 6) is 0.959. The Morgan fingerprint density at radius 2 is 1.67 bits per heavy atom. The van der Waals surface area contributed by atoms with E-state index in [2.05, 4.69) is 54.2 Å². The monoisotopic (exact) mass is 306 g/mol. The molecule has 3 nitrogen and oxygen atoms in total. The van der Waals surface area contributed by atoms with E-state index in [1.807, 2.05) is 11.9 Å². The van der Waals surface area contributed by atoms with Gasteiger partial charge in [0.05, 0.1) is 6.10 Å². The highest BCUT2D eigenvalue weighted by Gasteiger charge is 2.43. The van der Waals surface area contributed by atoms with E-state index in [-0.39, 0.29) is 6.10 Å². The Morgan fingerprint density at radius 3 is 2.19 bits per heavy atom. The quantitative estimate of drug-likeness (QED) is 0.771. The van der Waals surface area contributed by atoms with Crippen molar-refractivity contribution < 1.29 is 4.74 Å². The first-order valence-corrected chi connectivity index (χ1v) is 8.77. The lowest BCUT2D eigenvalue weighted by Crippen LogP contribution is -2.48. The molecule has 2 fully saturated rings. The van der Waals surface area contributed by atoms with Gasteiger partial charge < -0.3 is 4.74 Å². The van der Waals surface area contributed by atoms with Crippen LogP contribution in [0.5, 0.6) is 5.75 Å². The van der Waals surface area contributed by atoms with Crippen LogP contribution in [0.25, 0.3) is 0 Å². The molecule has 4 heteroatoms. The molecule has 0 aromatic heterocycles. The van der Waals surface area contributed by atoms with Gasteiger partial charge in [0.15, 0.2) is 0 Å². The standard InChI is InChI=1S/C17H26N2OS/c1-14(2)20-15-4-6-16(7-5-15)21-19-12-10-18(11-13-19)17(3)8-9-17/h4-7,14H,8-13H2,1-3H3. The molecule has 0 radical (unpaired) electrons. The number of hydrogen-bond acceptors (Lipinski definition) is 4. The zero-order valence-corrected chi connectivity index (χ0v) is 14.2. The second-order valence-electron chi connectivity index (χ2n) is 6.64. The summed E-state index contributed by atoms with van der Waals surface area (Å²) in [6, 6.07) is 8.47. The maximum atomic E-state index is 5.69. The maximum absolute atomic E-state index is 5.69. The van der Waals surface area contributed by atoms with Crippen molar-refractivity contribution in [2.75, 3.05) is 26.2 Å². The first-order chi connectivity index (χ1) is 10.0. The largest absolute Gasteiger partial charge is 0.491 e. The number of piperazine rings is 1. The van der Waals surface area contributed by atoms with Crippen molar-refractivity contribution in [3.63, 3.8) is 0 Å². The number of hydrogen-bond donors (Lipinski definition) is 0. The molecule has 1 aliphatic carbocycles. The van der Waals surface area contributed by atoms with Crippen molar-refractivity contribution in [3.8, 4) is 5.75 Å². The second kappa shape index (κ2) is 6.19. The summed E-state index contributed by atoms with van der Waals surface area (Å²) in [6.45, 7) is 11.2. The molecule has 21 heavy (non-hydrogen) atoms. The van der Waals surface area contributed by atoms with Crippen molar-refractivity contribution >= 4 is 11.9 Å². The van der Waals surface area contributed by atoms with Gasteiger partial charge in [-0.3, -0.25) is 4.90 Å². The van der Waals surface area contributed by atoms with Gasteiger partial charge in [-0.1, -0.05) is 0 Å². The number of rotatable bonds is 5. The molecule has 0 atom stereocenters. The molecule has 1 aliphatic heterocycles. The van der Waals surface area contributed by atoms with Crippen LogP contribution in [-0.2, 0) is 0 Å². The zero-order valence-electron chi connectivity index (χ0n) is 13.3. The van der Waals surface area contributed by atoms with Gasteiger partial charge in [-0.15, -0.1) is 0 Å². The summed E-state index contributed by atoms with van der Waals surface area (Å²) in [5, 5.41) is 0. The van der Waals surface area contributed by atoms with Crippen molar-refractivity contribution in [2.24, 2.45) is 0 Å². The van der Waals surface area contributed by atoms with Crippen LogP contribution in [0.4, 0.5) is 0 Å². The van der Waals surface area contributed by atoms with Crippen molar-refractivity contribution in [3.05, 3.63) is 24.3 Å². The molecule has 116 valence electrons. The molecule has 1 heterocycles. The molecular formula is C17H26N2OS. The number of nitrogens with zero attached hydrogens (tertiary/aromatic N) is 2. The lowest BCUT2D eigenvalue weighted by molar-refractivity contribution is 0.137. The molecule has 0 spiro atoms. The number of ether oxygens (including phenoxy) is 1. The fourth-order valence-corrected chi connectivity index (χ4v) is 3.72. The summed E-state index contributed by atoms with van der Waals surface area (Å²) in [5.41, 5.74) is 0.534. The molecule has 3 rings (SSSR count). The summed E-state index contributed by atoms with van der Waals surface area (Å²) >= 11 is 1.88. The summed E-state index contributed by atoms with van der Waals surface area (Å²) in [6.07, 6.45) is 3.01. The van der Waals surface area contributed by atoms with E-state index in [4.69, 9.17) is 4.74 Å². The maximum Gasteiger partial charge on any atom is 0.119 e. The summed E-state index contributed by atoms with van der Waals surface area (Å²) in [7, 11) is 0. The van der Waals surface area contributed by atoms with Gasteiger partial charge in [-0.05, 0) is 69.8 Å². The van der Waals surface area contributed by atoms with Crippen molar-refractivity contribution in [2.45, 2.75) is 50.2 Å². The predicted molar refractivity (Wildman–Crippen MR) is 88.8 cm³/mol. The van der Waals surface area contributed by atoms with Crippen LogP contribution in [0.3, 0.4) is 0 Å². The summed E-state index contributed by atoms with van der Waals surface area (Å²) in [4.78, 5) is 3.97. The topological polar surface area (TPSA) is 15.7 Å². The Hall–Kier alpha value is -0.710. The van der Waals surface area contributed by atoms with Crippen LogP contribution in [0.15, 0.2) is 29.2 Å². The molecule has 2 aliphatic rings. The van der Waals surface area contributed by atoms with Crippen LogP contribution in [0.1, 0.15) is 33.6 Å².